The van der Waals surface area contributed by atoms with Crippen LogP contribution in [0.15, 0.2) is 12.3 Å². The van der Waals surface area contributed by atoms with Crippen molar-refractivity contribution in [2.24, 2.45) is 5.73 Å². The summed E-state index contributed by atoms with van der Waals surface area (Å²) in [6, 6.07) is 1.75. The Kier molecular flexibility index (Phi) is 4.53. The fourth-order valence-electron chi connectivity index (χ4n) is 1.06. The highest BCUT2D eigenvalue weighted by Crippen LogP contribution is 2.12. The van der Waals surface area contributed by atoms with Gasteiger partial charge in [-0.1, -0.05) is 0 Å². The van der Waals surface area contributed by atoms with Crippen molar-refractivity contribution in [3.8, 4) is 0 Å². The monoisotopic (exact) mass is 224 g/mol. The van der Waals surface area contributed by atoms with Gasteiger partial charge in [0, 0.05) is 24.5 Å². The lowest BCUT2D eigenvalue weighted by atomic mass is 10.2. The van der Waals surface area contributed by atoms with Gasteiger partial charge in [-0.3, -0.25) is 4.79 Å². The maximum absolute atomic E-state index is 10.4. The first-order valence-corrected chi connectivity index (χ1v) is 4.91. The van der Waals surface area contributed by atoms with Crippen molar-refractivity contribution < 1.29 is 9.53 Å². The number of amides is 1. The summed E-state index contributed by atoms with van der Waals surface area (Å²) in [4.78, 5) is 14.5. The molecule has 0 aromatic carbocycles. The van der Waals surface area contributed by atoms with Crippen LogP contribution in [0, 0.1) is 6.92 Å². The number of rotatable bonds is 6. The number of nitrogens with zero attached hydrogens (tertiary/aromatic N) is 1. The average Bonchev–Trinajstić information content (AvgIpc) is 2.22. The summed E-state index contributed by atoms with van der Waals surface area (Å²) in [6.07, 6.45) is 1.70. The molecule has 0 aliphatic rings. The van der Waals surface area contributed by atoms with Gasteiger partial charge >= 0.3 is 0 Å². The number of hydrogen-bond donors (Lipinski definition) is 3. The van der Waals surface area contributed by atoms with E-state index in [1.54, 1.807) is 12.3 Å². The summed E-state index contributed by atoms with van der Waals surface area (Å²) in [7, 11) is 0. The van der Waals surface area contributed by atoms with Crippen LogP contribution in [0.2, 0.25) is 0 Å². The van der Waals surface area contributed by atoms with Gasteiger partial charge in [-0.15, -0.1) is 0 Å². The number of ether oxygens (including phenoxy) is 1. The van der Waals surface area contributed by atoms with Crippen molar-refractivity contribution in [2.75, 3.05) is 30.8 Å². The third-order valence-electron chi connectivity index (χ3n) is 1.94. The molecule has 0 radical (unpaired) electrons. The molecule has 0 aliphatic heterocycles. The number of nitrogens with one attached hydrogen (secondary N) is 1. The Hall–Kier alpha value is -1.82. The molecular weight excluding hydrogens is 208 g/mol. The highest BCUT2D eigenvalue weighted by molar-refractivity contribution is 5.74. The molecular formula is C10H16N4O2. The van der Waals surface area contributed by atoms with Gasteiger partial charge in [0.1, 0.15) is 12.4 Å². The van der Waals surface area contributed by atoms with E-state index in [2.05, 4.69) is 10.3 Å². The molecule has 0 atom stereocenters. The number of primary amides is 1. The normalized spacial score (nSPS) is 10.1. The lowest BCUT2D eigenvalue weighted by Crippen LogP contribution is -2.20. The Bertz CT molecular complexity index is 368. The van der Waals surface area contributed by atoms with E-state index >= 15 is 0 Å². The van der Waals surface area contributed by atoms with Gasteiger partial charge in [-0.05, 0) is 12.5 Å². The summed E-state index contributed by atoms with van der Waals surface area (Å²) in [5.41, 5.74) is 12.3. The zero-order valence-corrected chi connectivity index (χ0v) is 9.19. The minimum absolute atomic E-state index is 0.0643. The van der Waals surface area contributed by atoms with Gasteiger partial charge in [0.25, 0.3) is 0 Å². The molecule has 0 spiro atoms. The largest absolute Gasteiger partial charge is 0.398 e. The van der Waals surface area contributed by atoms with Gasteiger partial charge in [0.15, 0.2) is 0 Å². The summed E-state index contributed by atoms with van der Waals surface area (Å²) in [5.74, 6) is 0.212. The maximum Gasteiger partial charge on any atom is 0.243 e. The highest BCUT2D eigenvalue weighted by atomic mass is 16.5. The quantitative estimate of drug-likeness (QED) is 0.585. The summed E-state index contributed by atoms with van der Waals surface area (Å²) >= 11 is 0. The van der Waals surface area contributed by atoms with Gasteiger partial charge in [-0.2, -0.15) is 0 Å². The molecule has 0 unspecified atom stereocenters. The number of anilines is 2. The maximum atomic E-state index is 10.4. The Morgan fingerprint density at radius 3 is 3.00 bits per heavy atom. The predicted octanol–water partition coefficient (Wildman–Crippen LogP) is -0.114. The molecule has 5 N–H and O–H groups in total. The van der Waals surface area contributed by atoms with Crippen LogP contribution in [0.5, 0.6) is 0 Å². The van der Waals surface area contributed by atoms with Crippen molar-refractivity contribution >= 4 is 17.4 Å². The molecule has 0 fully saturated rings. The Morgan fingerprint density at radius 1 is 1.62 bits per heavy atom. The molecule has 0 saturated carbocycles. The Labute approximate surface area is 94.0 Å². The van der Waals surface area contributed by atoms with Crippen molar-refractivity contribution in [2.45, 2.75) is 6.92 Å². The van der Waals surface area contributed by atoms with Crippen molar-refractivity contribution in [1.82, 2.24) is 4.98 Å². The molecule has 1 aromatic rings. The molecule has 1 amide bonds. The van der Waals surface area contributed by atoms with Crippen LogP contribution in [-0.4, -0.2) is 30.6 Å². The number of nitrogen functional groups attached to an aromatic ring is 1. The number of carbonyl (C=O) groups excluding carboxylic acids is 1. The predicted molar refractivity (Wildman–Crippen MR) is 61.9 cm³/mol. The second kappa shape index (κ2) is 5.92. The first kappa shape index (κ1) is 12.3. The zero-order valence-electron chi connectivity index (χ0n) is 9.19. The van der Waals surface area contributed by atoms with E-state index in [0.29, 0.717) is 24.7 Å². The van der Waals surface area contributed by atoms with E-state index in [4.69, 9.17) is 16.2 Å². The molecule has 1 heterocycles. The van der Waals surface area contributed by atoms with Crippen molar-refractivity contribution in [3.63, 3.8) is 0 Å². The molecule has 6 nitrogen and oxygen atoms in total. The smallest absolute Gasteiger partial charge is 0.243 e. The van der Waals surface area contributed by atoms with E-state index in [0.717, 1.165) is 5.56 Å². The van der Waals surface area contributed by atoms with Crippen LogP contribution in [-0.2, 0) is 9.53 Å². The average molecular weight is 224 g/mol. The van der Waals surface area contributed by atoms with Gasteiger partial charge in [-0.25, -0.2) is 4.98 Å². The van der Waals surface area contributed by atoms with E-state index in [1.807, 2.05) is 6.92 Å². The van der Waals surface area contributed by atoms with Crippen LogP contribution in [0.4, 0.5) is 11.5 Å². The molecule has 16 heavy (non-hydrogen) atoms. The number of carbonyl (C=O) groups is 1. The molecule has 0 saturated heterocycles. The minimum Gasteiger partial charge on any atom is -0.398 e. The second-order valence-electron chi connectivity index (χ2n) is 3.37. The molecule has 88 valence electrons. The van der Waals surface area contributed by atoms with E-state index < -0.39 is 5.91 Å². The van der Waals surface area contributed by atoms with Crippen LogP contribution in [0.3, 0.4) is 0 Å². The first-order chi connectivity index (χ1) is 7.59. The van der Waals surface area contributed by atoms with Gasteiger partial charge < -0.3 is 21.5 Å². The van der Waals surface area contributed by atoms with E-state index in [-0.39, 0.29) is 6.61 Å². The number of nitrogens with two attached hydrogens (primary N) is 2. The fourth-order valence-corrected chi connectivity index (χ4v) is 1.06. The Morgan fingerprint density at radius 2 is 2.38 bits per heavy atom. The third kappa shape index (κ3) is 4.14. The fraction of sp³-hybridized carbons (Fsp3) is 0.400. The SMILES string of the molecule is Cc1cnc(NCCOCC(N)=O)cc1N. The van der Waals surface area contributed by atoms with Crippen molar-refractivity contribution in [1.29, 1.82) is 0 Å². The van der Waals surface area contributed by atoms with Gasteiger partial charge in [0.2, 0.25) is 5.91 Å². The Balaban J connectivity index is 2.27. The number of aryl methyl sites for hydroxylation is 1. The van der Waals surface area contributed by atoms with E-state index in [1.165, 1.54) is 0 Å². The highest BCUT2D eigenvalue weighted by Gasteiger charge is 1.98. The standard InChI is InChI=1S/C10H16N4O2/c1-7-5-14-10(4-8(7)11)13-2-3-16-6-9(12)15/h4-5H,2-3,6H2,1H3,(H2,12,15)(H3,11,13,14). The molecule has 1 aromatic heterocycles. The van der Waals surface area contributed by atoms with Crippen LogP contribution in [0.1, 0.15) is 5.56 Å². The van der Waals surface area contributed by atoms with Crippen LogP contribution >= 0.6 is 0 Å². The number of aromatic nitrogens is 1. The molecule has 6 heteroatoms. The third-order valence-corrected chi connectivity index (χ3v) is 1.94. The number of hydrogen-bond acceptors (Lipinski definition) is 5. The summed E-state index contributed by atoms with van der Waals surface area (Å²) < 4.78 is 4.97. The molecule has 1 rings (SSSR count). The van der Waals surface area contributed by atoms with E-state index in [9.17, 15) is 4.79 Å². The topological polar surface area (TPSA) is 103 Å². The second-order valence-corrected chi connectivity index (χ2v) is 3.37. The summed E-state index contributed by atoms with van der Waals surface area (Å²) in [6.45, 7) is 2.76. The number of pyridine rings is 1. The minimum atomic E-state index is -0.474. The first-order valence-electron chi connectivity index (χ1n) is 4.91. The van der Waals surface area contributed by atoms with Crippen molar-refractivity contribution in [3.05, 3.63) is 17.8 Å². The van der Waals surface area contributed by atoms with Crippen LogP contribution in [0.25, 0.3) is 0 Å². The zero-order chi connectivity index (χ0) is 12.0. The molecule has 0 bridgehead atoms. The lowest BCUT2D eigenvalue weighted by Gasteiger charge is -2.07. The van der Waals surface area contributed by atoms with Crippen LogP contribution < -0.4 is 16.8 Å². The molecule has 0 aliphatic carbocycles. The lowest BCUT2D eigenvalue weighted by molar-refractivity contribution is -0.122. The van der Waals surface area contributed by atoms with Gasteiger partial charge in [0.05, 0.1) is 6.61 Å². The summed E-state index contributed by atoms with van der Waals surface area (Å²) in [5, 5.41) is 3.02.